The van der Waals surface area contributed by atoms with Crippen molar-refractivity contribution < 1.29 is 4.79 Å². The Labute approximate surface area is 98.3 Å². The second kappa shape index (κ2) is 4.62. The molecule has 0 atom stereocenters. The molecule has 0 bridgehead atoms. The fourth-order valence-corrected chi connectivity index (χ4v) is 2.37. The van der Waals surface area contributed by atoms with Crippen LogP contribution < -0.4 is 5.32 Å². The largest absolute Gasteiger partial charge is 0.354 e. The highest BCUT2D eigenvalue weighted by Gasteiger charge is 2.44. The zero-order chi connectivity index (χ0) is 11.4. The average molecular weight is 235 g/mol. The normalized spacial score (nSPS) is 17.2. The number of thiazole rings is 1. The van der Waals surface area contributed by atoms with E-state index in [1.807, 2.05) is 5.38 Å². The lowest BCUT2D eigenvalue weighted by atomic mass is 9.69. The van der Waals surface area contributed by atoms with Crippen molar-refractivity contribution in [1.29, 1.82) is 5.26 Å². The summed E-state index contributed by atoms with van der Waals surface area (Å²) >= 11 is 1.58. The lowest BCUT2D eigenvalue weighted by Crippen LogP contribution is -2.45. The van der Waals surface area contributed by atoms with Gasteiger partial charge in [-0.1, -0.05) is 0 Å². The number of hydrogen-bond donors (Lipinski definition) is 1. The summed E-state index contributed by atoms with van der Waals surface area (Å²) in [5.41, 5.74) is -0.733. The summed E-state index contributed by atoms with van der Waals surface area (Å²) < 4.78 is 0. The first-order valence-corrected chi connectivity index (χ1v) is 6.23. The van der Waals surface area contributed by atoms with Gasteiger partial charge in [-0.2, -0.15) is 5.26 Å². The first-order valence-electron chi connectivity index (χ1n) is 5.35. The molecule has 1 aliphatic rings. The fraction of sp³-hybridized carbons (Fsp3) is 0.545. The third kappa shape index (κ3) is 2.07. The average Bonchev–Trinajstić information content (AvgIpc) is 2.70. The molecule has 0 radical (unpaired) electrons. The van der Waals surface area contributed by atoms with Crippen LogP contribution in [-0.2, 0) is 11.2 Å². The number of hydrogen-bond acceptors (Lipinski definition) is 4. The Kier molecular flexibility index (Phi) is 3.20. The van der Waals surface area contributed by atoms with Gasteiger partial charge in [-0.15, -0.1) is 11.3 Å². The molecule has 5 heteroatoms. The van der Waals surface area contributed by atoms with E-state index in [-0.39, 0.29) is 5.91 Å². The molecule has 84 valence electrons. The van der Waals surface area contributed by atoms with Gasteiger partial charge in [0.1, 0.15) is 5.41 Å². The van der Waals surface area contributed by atoms with Crippen LogP contribution >= 0.6 is 11.3 Å². The number of nitrogens with one attached hydrogen (secondary N) is 1. The summed E-state index contributed by atoms with van der Waals surface area (Å²) in [6.07, 6.45) is 4.88. The molecule has 0 saturated heterocycles. The second-order valence-electron chi connectivity index (χ2n) is 3.98. The monoisotopic (exact) mass is 235 g/mol. The number of amides is 1. The minimum atomic E-state index is -0.733. The third-order valence-electron chi connectivity index (χ3n) is 2.96. The molecular weight excluding hydrogens is 222 g/mol. The van der Waals surface area contributed by atoms with Gasteiger partial charge >= 0.3 is 0 Å². The highest BCUT2D eigenvalue weighted by atomic mass is 32.1. The predicted octanol–water partition coefficient (Wildman–Crippen LogP) is 1.50. The van der Waals surface area contributed by atoms with Crippen molar-refractivity contribution in [2.45, 2.75) is 25.7 Å². The van der Waals surface area contributed by atoms with E-state index >= 15 is 0 Å². The fourth-order valence-electron chi connectivity index (χ4n) is 1.75. The van der Waals surface area contributed by atoms with Gasteiger partial charge in [-0.25, -0.2) is 4.98 Å². The van der Waals surface area contributed by atoms with Crippen molar-refractivity contribution in [2.75, 3.05) is 6.54 Å². The molecule has 0 spiro atoms. The number of nitrogens with zero attached hydrogens (tertiary/aromatic N) is 2. The standard InChI is InChI=1S/C11H13N3OS/c12-8-11(3-1-4-11)10(15)14-5-2-9-13-6-7-16-9/h6-7H,1-5H2,(H,14,15). The van der Waals surface area contributed by atoms with Crippen molar-refractivity contribution in [1.82, 2.24) is 10.3 Å². The topological polar surface area (TPSA) is 65.8 Å². The number of aromatic nitrogens is 1. The van der Waals surface area contributed by atoms with Crippen LogP contribution in [0.4, 0.5) is 0 Å². The number of nitriles is 1. The van der Waals surface area contributed by atoms with E-state index in [0.717, 1.165) is 17.8 Å². The first-order chi connectivity index (χ1) is 7.77. The van der Waals surface area contributed by atoms with Crippen LogP contribution in [-0.4, -0.2) is 17.4 Å². The van der Waals surface area contributed by atoms with E-state index in [9.17, 15) is 4.79 Å². The summed E-state index contributed by atoms with van der Waals surface area (Å²) in [6.45, 7) is 0.565. The molecule has 0 aromatic carbocycles. The van der Waals surface area contributed by atoms with Gasteiger partial charge in [0.2, 0.25) is 5.91 Å². The number of carbonyl (C=O) groups excluding carboxylic acids is 1. The maximum Gasteiger partial charge on any atom is 0.240 e. The van der Waals surface area contributed by atoms with Crippen LogP contribution in [0, 0.1) is 16.7 Å². The molecule has 4 nitrogen and oxygen atoms in total. The molecule has 2 rings (SSSR count). The van der Waals surface area contributed by atoms with E-state index in [1.54, 1.807) is 17.5 Å². The molecular formula is C11H13N3OS. The Morgan fingerprint density at radius 3 is 3.00 bits per heavy atom. The molecule has 1 N–H and O–H groups in total. The number of rotatable bonds is 4. The molecule has 1 aromatic rings. The molecule has 1 aromatic heterocycles. The maximum atomic E-state index is 11.8. The van der Waals surface area contributed by atoms with E-state index in [4.69, 9.17) is 5.26 Å². The van der Waals surface area contributed by atoms with Crippen LogP contribution in [0.15, 0.2) is 11.6 Å². The van der Waals surface area contributed by atoms with Gasteiger partial charge in [-0.3, -0.25) is 4.79 Å². The van der Waals surface area contributed by atoms with Crippen LogP contribution in [0.25, 0.3) is 0 Å². The molecule has 1 amide bonds. The highest BCUT2D eigenvalue weighted by Crippen LogP contribution is 2.40. The van der Waals surface area contributed by atoms with Crippen molar-refractivity contribution in [3.8, 4) is 6.07 Å². The minimum absolute atomic E-state index is 0.113. The molecule has 0 aliphatic heterocycles. The maximum absolute atomic E-state index is 11.8. The summed E-state index contributed by atoms with van der Waals surface area (Å²) in [5, 5.41) is 14.7. The van der Waals surface area contributed by atoms with E-state index in [0.29, 0.717) is 19.4 Å². The molecule has 1 heterocycles. The molecule has 1 saturated carbocycles. The molecule has 16 heavy (non-hydrogen) atoms. The summed E-state index contributed by atoms with van der Waals surface area (Å²) in [7, 11) is 0. The van der Waals surface area contributed by atoms with Gasteiger partial charge in [-0.05, 0) is 19.3 Å². The minimum Gasteiger partial charge on any atom is -0.354 e. The van der Waals surface area contributed by atoms with E-state index < -0.39 is 5.41 Å². The van der Waals surface area contributed by atoms with Crippen LogP contribution in [0.3, 0.4) is 0 Å². The Morgan fingerprint density at radius 2 is 2.50 bits per heavy atom. The van der Waals surface area contributed by atoms with Gasteiger partial charge in [0.05, 0.1) is 11.1 Å². The Balaban J connectivity index is 1.78. The third-order valence-corrected chi connectivity index (χ3v) is 3.80. The Morgan fingerprint density at radius 1 is 1.69 bits per heavy atom. The van der Waals surface area contributed by atoms with Crippen LogP contribution in [0.2, 0.25) is 0 Å². The quantitative estimate of drug-likeness (QED) is 0.860. The van der Waals surface area contributed by atoms with Crippen molar-refractivity contribution >= 4 is 17.2 Å². The van der Waals surface area contributed by atoms with Gasteiger partial charge < -0.3 is 5.32 Å². The number of carbonyl (C=O) groups is 1. The van der Waals surface area contributed by atoms with E-state index in [1.165, 1.54) is 0 Å². The summed E-state index contributed by atoms with van der Waals surface area (Å²) in [4.78, 5) is 15.9. The molecule has 1 fully saturated rings. The van der Waals surface area contributed by atoms with Gasteiger partial charge in [0.25, 0.3) is 0 Å². The van der Waals surface area contributed by atoms with E-state index in [2.05, 4.69) is 16.4 Å². The van der Waals surface area contributed by atoms with Crippen molar-refractivity contribution in [3.05, 3.63) is 16.6 Å². The second-order valence-corrected chi connectivity index (χ2v) is 4.96. The lowest BCUT2D eigenvalue weighted by molar-refractivity contribution is -0.131. The SMILES string of the molecule is N#CC1(C(=O)NCCc2nccs2)CCC1. The Bertz CT molecular complexity index is 403. The first kappa shape index (κ1) is 11.1. The molecule has 0 unspecified atom stereocenters. The van der Waals surface area contributed by atoms with Gasteiger partial charge in [0.15, 0.2) is 0 Å². The smallest absolute Gasteiger partial charge is 0.240 e. The van der Waals surface area contributed by atoms with Crippen LogP contribution in [0.1, 0.15) is 24.3 Å². The highest BCUT2D eigenvalue weighted by molar-refractivity contribution is 7.09. The lowest BCUT2D eigenvalue weighted by Gasteiger charge is -2.33. The zero-order valence-corrected chi connectivity index (χ0v) is 9.72. The van der Waals surface area contributed by atoms with Gasteiger partial charge in [0, 0.05) is 24.5 Å². The Hall–Kier alpha value is -1.41. The van der Waals surface area contributed by atoms with Crippen LogP contribution in [0.5, 0.6) is 0 Å². The zero-order valence-electron chi connectivity index (χ0n) is 8.90. The van der Waals surface area contributed by atoms with Crippen molar-refractivity contribution in [2.24, 2.45) is 5.41 Å². The summed E-state index contributed by atoms with van der Waals surface area (Å²) in [5.74, 6) is -0.113. The molecule has 1 aliphatic carbocycles. The predicted molar refractivity (Wildman–Crippen MR) is 60.7 cm³/mol. The van der Waals surface area contributed by atoms with Crippen molar-refractivity contribution in [3.63, 3.8) is 0 Å². The summed E-state index contributed by atoms with van der Waals surface area (Å²) in [6, 6.07) is 2.13.